The number of thiazole rings is 1. The number of hydrogen-bond acceptors (Lipinski definition) is 5. The second-order valence-electron chi connectivity index (χ2n) is 7.74. The van der Waals surface area contributed by atoms with Crippen molar-refractivity contribution < 1.29 is 9.53 Å². The minimum Gasteiger partial charge on any atom is -0.379 e. The van der Waals surface area contributed by atoms with E-state index in [2.05, 4.69) is 30.9 Å². The summed E-state index contributed by atoms with van der Waals surface area (Å²) in [7, 11) is 0. The SMILES string of the molecule is Cc1ccc2sc(N(CCCN3CCOCC3)C(=O)c3ccc(Cl)cc3Cl)nc2c1C. The first-order valence-electron chi connectivity index (χ1n) is 10.4. The Labute approximate surface area is 196 Å². The number of aromatic nitrogens is 1. The van der Waals surface area contributed by atoms with Gasteiger partial charge in [-0.1, -0.05) is 40.6 Å². The maximum absolute atomic E-state index is 13.5. The summed E-state index contributed by atoms with van der Waals surface area (Å²) >= 11 is 13.9. The van der Waals surface area contributed by atoms with Crippen LogP contribution in [0, 0.1) is 13.8 Å². The van der Waals surface area contributed by atoms with Crippen molar-refractivity contribution in [1.29, 1.82) is 0 Å². The zero-order valence-corrected chi connectivity index (χ0v) is 20.0. The van der Waals surface area contributed by atoms with E-state index in [9.17, 15) is 4.79 Å². The van der Waals surface area contributed by atoms with Gasteiger partial charge in [0.05, 0.1) is 34.0 Å². The topological polar surface area (TPSA) is 45.7 Å². The van der Waals surface area contributed by atoms with Gasteiger partial charge in [0.15, 0.2) is 5.13 Å². The normalized spacial score (nSPS) is 14.8. The number of benzene rings is 2. The van der Waals surface area contributed by atoms with Gasteiger partial charge in [-0.2, -0.15) is 0 Å². The lowest BCUT2D eigenvalue weighted by molar-refractivity contribution is 0.0376. The molecule has 164 valence electrons. The number of anilines is 1. The van der Waals surface area contributed by atoms with Crippen molar-refractivity contribution in [1.82, 2.24) is 9.88 Å². The number of amides is 1. The van der Waals surface area contributed by atoms with Crippen LogP contribution in [0.15, 0.2) is 30.3 Å². The van der Waals surface area contributed by atoms with Gasteiger partial charge in [0, 0.05) is 31.2 Å². The Morgan fingerprint density at radius 1 is 1.19 bits per heavy atom. The highest BCUT2D eigenvalue weighted by Crippen LogP contribution is 2.33. The molecule has 0 atom stereocenters. The highest BCUT2D eigenvalue weighted by Gasteiger charge is 2.24. The molecule has 0 saturated carbocycles. The molecule has 0 bridgehead atoms. The van der Waals surface area contributed by atoms with Crippen LogP contribution in [0.1, 0.15) is 27.9 Å². The number of fused-ring (bicyclic) bond motifs is 1. The monoisotopic (exact) mass is 477 g/mol. The van der Waals surface area contributed by atoms with Crippen LogP contribution >= 0.6 is 34.5 Å². The third-order valence-electron chi connectivity index (χ3n) is 5.67. The fraction of sp³-hybridized carbons (Fsp3) is 0.391. The van der Waals surface area contributed by atoms with Crippen LogP contribution in [0.25, 0.3) is 10.2 Å². The summed E-state index contributed by atoms with van der Waals surface area (Å²) in [5.41, 5.74) is 3.72. The lowest BCUT2D eigenvalue weighted by Crippen LogP contribution is -2.39. The first-order valence-corrected chi connectivity index (χ1v) is 11.9. The molecular weight excluding hydrogens is 453 g/mol. The summed E-state index contributed by atoms with van der Waals surface area (Å²) in [6.45, 7) is 9.00. The largest absolute Gasteiger partial charge is 0.379 e. The average Bonchev–Trinajstić information content (AvgIpc) is 3.19. The second-order valence-corrected chi connectivity index (χ2v) is 9.59. The predicted molar refractivity (Wildman–Crippen MR) is 129 cm³/mol. The van der Waals surface area contributed by atoms with Gasteiger partial charge in [-0.3, -0.25) is 14.6 Å². The third kappa shape index (κ3) is 5.04. The van der Waals surface area contributed by atoms with Gasteiger partial charge in [0.1, 0.15) is 0 Å². The van der Waals surface area contributed by atoms with Gasteiger partial charge in [0.2, 0.25) is 0 Å². The molecule has 0 aliphatic carbocycles. The minimum absolute atomic E-state index is 0.155. The quantitative estimate of drug-likeness (QED) is 0.464. The van der Waals surface area contributed by atoms with Gasteiger partial charge in [-0.15, -0.1) is 0 Å². The number of rotatable bonds is 6. The highest BCUT2D eigenvalue weighted by atomic mass is 35.5. The molecule has 0 spiro atoms. The van der Waals surface area contributed by atoms with Crippen molar-refractivity contribution in [3.05, 3.63) is 57.1 Å². The van der Waals surface area contributed by atoms with Gasteiger partial charge < -0.3 is 4.74 Å². The molecule has 1 saturated heterocycles. The molecule has 2 aromatic carbocycles. The van der Waals surface area contributed by atoms with E-state index in [-0.39, 0.29) is 5.91 Å². The van der Waals surface area contributed by atoms with Crippen LogP contribution in [-0.4, -0.2) is 55.2 Å². The molecule has 31 heavy (non-hydrogen) atoms. The van der Waals surface area contributed by atoms with Crippen molar-refractivity contribution in [2.24, 2.45) is 0 Å². The molecule has 5 nitrogen and oxygen atoms in total. The maximum Gasteiger partial charge on any atom is 0.261 e. The van der Waals surface area contributed by atoms with E-state index in [1.165, 1.54) is 16.9 Å². The maximum atomic E-state index is 13.5. The summed E-state index contributed by atoms with van der Waals surface area (Å²) in [5.74, 6) is -0.155. The van der Waals surface area contributed by atoms with Gasteiger partial charge in [-0.05, 0) is 55.7 Å². The average molecular weight is 478 g/mol. The standard InChI is InChI=1S/C23H25Cl2N3O2S/c1-15-4-7-20-21(16(15)2)26-23(31-20)28(9-3-8-27-10-12-30-13-11-27)22(29)18-6-5-17(24)14-19(18)25/h4-7,14H,3,8-13H2,1-2H3. The molecule has 2 heterocycles. The lowest BCUT2D eigenvalue weighted by atomic mass is 10.1. The highest BCUT2D eigenvalue weighted by molar-refractivity contribution is 7.22. The van der Waals surface area contributed by atoms with Gasteiger partial charge in [-0.25, -0.2) is 4.98 Å². The number of ether oxygens (including phenoxy) is 1. The summed E-state index contributed by atoms with van der Waals surface area (Å²) in [5, 5.41) is 1.55. The van der Waals surface area contributed by atoms with E-state index >= 15 is 0 Å². The predicted octanol–water partition coefficient (Wildman–Crippen LogP) is 5.59. The van der Waals surface area contributed by atoms with E-state index in [0.717, 1.165) is 55.0 Å². The van der Waals surface area contributed by atoms with Crippen LogP contribution in [0.3, 0.4) is 0 Å². The van der Waals surface area contributed by atoms with Crippen LogP contribution in [0.2, 0.25) is 10.0 Å². The van der Waals surface area contributed by atoms with Crippen molar-refractivity contribution >= 4 is 55.8 Å². The molecule has 1 aromatic heterocycles. The van der Waals surface area contributed by atoms with Crippen molar-refractivity contribution in [3.8, 4) is 0 Å². The Morgan fingerprint density at radius 2 is 1.97 bits per heavy atom. The van der Waals surface area contributed by atoms with E-state index in [4.69, 9.17) is 32.9 Å². The Morgan fingerprint density at radius 3 is 2.71 bits per heavy atom. The Kier molecular flexibility index (Phi) is 7.14. The zero-order valence-electron chi connectivity index (χ0n) is 17.7. The van der Waals surface area contributed by atoms with Crippen LogP contribution < -0.4 is 4.90 Å². The first-order chi connectivity index (χ1) is 14.9. The number of aryl methyl sites for hydroxylation is 2. The van der Waals surface area contributed by atoms with Crippen LogP contribution in [0.4, 0.5) is 5.13 Å². The smallest absolute Gasteiger partial charge is 0.261 e. The number of carbonyl (C=O) groups excluding carboxylic acids is 1. The van der Waals surface area contributed by atoms with Crippen molar-refractivity contribution in [3.63, 3.8) is 0 Å². The number of hydrogen-bond donors (Lipinski definition) is 0. The second kappa shape index (κ2) is 9.84. The van der Waals surface area contributed by atoms with Gasteiger partial charge in [0.25, 0.3) is 5.91 Å². The molecule has 4 rings (SSSR count). The lowest BCUT2D eigenvalue weighted by Gasteiger charge is -2.27. The summed E-state index contributed by atoms with van der Waals surface area (Å²) in [6, 6.07) is 9.15. The fourth-order valence-corrected chi connectivity index (χ4v) is 5.24. The Balaban J connectivity index is 1.63. The Hall–Kier alpha value is -1.70. The molecule has 0 radical (unpaired) electrons. The molecule has 1 fully saturated rings. The Bertz CT molecular complexity index is 1100. The van der Waals surface area contributed by atoms with Crippen LogP contribution in [-0.2, 0) is 4.74 Å². The number of nitrogens with zero attached hydrogens (tertiary/aromatic N) is 3. The number of halogens is 2. The van der Waals surface area contributed by atoms with Crippen molar-refractivity contribution in [2.45, 2.75) is 20.3 Å². The molecule has 8 heteroatoms. The summed E-state index contributed by atoms with van der Waals surface area (Å²) in [6.07, 6.45) is 0.838. The van der Waals surface area contributed by atoms with Gasteiger partial charge >= 0.3 is 0 Å². The number of carbonyl (C=O) groups is 1. The van der Waals surface area contributed by atoms with E-state index in [1.54, 1.807) is 23.1 Å². The molecule has 1 aliphatic rings. The molecule has 0 N–H and O–H groups in total. The third-order valence-corrected chi connectivity index (χ3v) is 7.26. The zero-order chi connectivity index (χ0) is 22.0. The summed E-state index contributed by atoms with van der Waals surface area (Å²) < 4.78 is 6.51. The van der Waals surface area contributed by atoms with Crippen LogP contribution in [0.5, 0.6) is 0 Å². The summed E-state index contributed by atoms with van der Waals surface area (Å²) in [4.78, 5) is 22.5. The molecular formula is C23H25Cl2N3O2S. The molecule has 1 aliphatic heterocycles. The number of morpholine rings is 1. The minimum atomic E-state index is -0.155. The molecule has 3 aromatic rings. The first kappa shape index (κ1) is 22.5. The molecule has 0 unspecified atom stereocenters. The van der Waals surface area contributed by atoms with Crippen molar-refractivity contribution in [2.75, 3.05) is 44.3 Å². The van der Waals surface area contributed by atoms with E-state index in [1.807, 2.05) is 0 Å². The van der Waals surface area contributed by atoms with E-state index in [0.29, 0.717) is 27.3 Å². The fourth-order valence-electron chi connectivity index (χ4n) is 3.70. The van der Waals surface area contributed by atoms with E-state index < -0.39 is 0 Å². The molecule has 1 amide bonds.